The van der Waals surface area contributed by atoms with Crippen molar-refractivity contribution in [2.45, 2.75) is 19.8 Å². The first-order valence-electron chi connectivity index (χ1n) is 9.49. The summed E-state index contributed by atoms with van der Waals surface area (Å²) in [6, 6.07) is 12.0. The number of amides is 1. The molecule has 6 nitrogen and oxygen atoms in total. The number of hydrogen-bond acceptors (Lipinski definition) is 5. The first-order valence-corrected chi connectivity index (χ1v) is 9.49. The highest BCUT2D eigenvalue weighted by Crippen LogP contribution is 2.11. The van der Waals surface area contributed by atoms with E-state index in [4.69, 9.17) is 0 Å². The Morgan fingerprint density at radius 3 is 2.45 bits per heavy atom. The molecule has 0 saturated heterocycles. The fourth-order valence-electron chi connectivity index (χ4n) is 2.90. The van der Waals surface area contributed by atoms with Crippen molar-refractivity contribution in [3.8, 4) is 0 Å². The fourth-order valence-corrected chi connectivity index (χ4v) is 2.90. The Hall–Kier alpha value is -3.35. The predicted molar refractivity (Wildman–Crippen MR) is 110 cm³/mol. The van der Waals surface area contributed by atoms with Crippen LogP contribution in [0.1, 0.15) is 27.4 Å². The van der Waals surface area contributed by atoms with Crippen LogP contribution < -0.4 is 5.32 Å². The summed E-state index contributed by atoms with van der Waals surface area (Å²) in [5.41, 5.74) is 2.51. The van der Waals surface area contributed by atoms with Crippen molar-refractivity contribution in [2.75, 3.05) is 25.5 Å². The van der Waals surface area contributed by atoms with E-state index in [1.165, 1.54) is 12.1 Å². The summed E-state index contributed by atoms with van der Waals surface area (Å²) in [6.07, 6.45) is 4.96. The smallest absolute Gasteiger partial charge is 0.272 e. The van der Waals surface area contributed by atoms with Crippen molar-refractivity contribution >= 4 is 11.7 Å². The highest BCUT2D eigenvalue weighted by molar-refractivity contribution is 5.92. The molecular weight excluding hydrogens is 369 g/mol. The average molecular weight is 393 g/mol. The second-order valence-electron chi connectivity index (χ2n) is 6.82. The number of carbonyl (C=O) groups is 1. The van der Waals surface area contributed by atoms with Gasteiger partial charge in [0.05, 0.1) is 0 Å². The van der Waals surface area contributed by atoms with Crippen LogP contribution in [0.4, 0.5) is 10.2 Å². The number of hydrogen-bond donors (Lipinski definition) is 1. The number of likely N-dealkylation sites (N-methyl/N-ethyl adjacent to an activating group) is 1. The number of anilines is 1. The van der Waals surface area contributed by atoms with Gasteiger partial charge in [0.15, 0.2) is 0 Å². The zero-order valence-corrected chi connectivity index (χ0v) is 16.6. The molecule has 1 aromatic carbocycles. The number of nitrogens with one attached hydrogen (secondary N) is 1. The Labute approximate surface area is 169 Å². The first kappa shape index (κ1) is 20.4. The number of benzene rings is 1. The van der Waals surface area contributed by atoms with Gasteiger partial charge in [-0.1, -0.05) is 12.1 Å². The molecular formula is C22H24FN5O. The summed E-state index contributed by atoms with van der Waals surface area (Å²) < 4.78 is 13.0. The second-order valence-corrected chi connectivity index (χ2v) is 6.82. The van der Waals surface area contributed by atoms with Crippen LogP contribution in [0.25, 0.3) is 0 Å². The standard InChI is InChI=1S/C22H24FN5O/c1-16-26-20(22(29)28(2)14-10-18-7-11-24-12-8-18)15-21(27-16)25-13-9-17-3-5-19(23)6-4-17/h3-8,11-12,15H,9-10,13-14H2,1-2H3,(H,25,26,27). The minimum atomic E-state index is -0.246. The molecule has 7 heteroatoms. The van der Waals surface area contributed by atoms with E-state index in [0.29, 0.717) is 30.4 Å². The van der Waals surface area contributed by atoms with Gasteiger partial charge in [0, 0.05) is 38.6 Å². The lowest BCUT2D eigenvalue weighted by Crippen LogP contribution is -2.30. The van der Waals surface area contributed by atoms with Gasteiger partial charge in [-0.2, -0.15) is 0 Å². The fraction of sp³-hybridized carbons (Fsp3) is 0.273. The van der Waals surface area contributed by atoms with E-state index >= 15 is 0 Å². The molecule has 150 valence electrons. The first-order chi connectivity index (χ1) is 14.0. The van der Waals surface area contributed by atoms with Crippen molar-refractivity contribution in [3.63, 3.8) is 0 Å². The topological polar surface area (TPSA) is 71.0 Å². The third kappa shape index (κ3) is 6.07. The van der Waals surface area contributed by atoms with Gasteiger partial charge < -0.3 is 10.2 Å². The van der Waals surface area contributed by atoms with Gasteiger partial charge in [0.25, 0.3) is 5.91 Å². The van der Waals surface area contributed by atoms with E-state index in [9.17, 15) is 9.18 Å². The zero-order valence-electron chi connectivity index (χ0n) is 16.6. The number of halogens is 1. The molecule has 0 radical (unpaired) electrons. The molecule has 0 saturated carbocycles. The van der Waals surface area contributed by atoms with Crippen LogP contribution >= 0.6 is 0 Å². The lowest BCUT2D eigenvalue weighted by atomic mass is 10.1. The van der Waals surface area contributed by atoms with Gasteiger partial charge in [-0.15, -0.1) is 0 Å². The van der Waals surface area contributed by atoms with Gasteiger partial charge in [-0.3, -0.25) is 9.78 Å². The molecule has 3 rings (SSSR count). The van der Waals surface area contributed by atoms with Crippen LogP contribution in [-0.2, 0) is 12.8 Å². The zero-order chi connectivity index (χ0) is 20.6. The molecule has 2 aromatic heterocycles. The van der Waals surface area contributed by atoms with E-state index in [1.54, 1.807) is 49.5 Å². The number of rotatable bonds is 8. The molecule has 0 aliphatic rings. The van der Waals surface area contributed by atoms with E-state index in [1.807, 2.05) is 12.1 Å². The Balaban J connectivity index is 1.58. The minimum absolute atomic E-state index is 0.147. The van der Waals surface area contributed by atoms with Gasteiger partial charge in [0.1, 0.15) is 23.2 Å². The molecule has 1 amide bonds. The summed E-state index contributed by atoms with van der Waals surface area (Å²) in [5.74, 6) is 0.739. The third-order valence-electron chi connectivity index (χ3n) is 4.52. The van der Waals surface area contributed by atoms with Crippen LogP contribution in [0.3, 0.4) is 0 Å². The molecule has 3 aromatic rings. The number of nitrogens with zero attached hydrogens (tertiary/aromatic N) is 4. The van der Waals surface area contributed by atoms with Crippen molar-refractivity contribution in [2.24, 2.45) is 0 Å². The van der Waals surface area contributed by atoms with E-state index in [2.05, 4.69) is 20.3 Å². The second kappa shape index (κ2) is 9.73. The van der Waals surface area contributed by atoms with Crippen molar-refractivity contribution in [1.82, 2.24) is 19.9 Å². The quantitative estimate of drug-likeness (QED) is 0.636. The Bertz CT molecular complexity index is 947. The summed E-state index contributed by atoms with van der Waals surface area (Å²) in [5, 5.41) is 3.22. The van der Waals surface area contributed by atoms with Gasteiger partial charge in [-0.05, 0) is 55.2 Å². The van der Waals surface area contributed by atoms with Crippen LogP contribution in [-0.4, -0.2) is 45.9 Å². The Kier molecular flexibility index (Phi) is 6.84. The number of pyridine rings is 1. The molecule has 2 heterocycles. The number of aromatic nitrogens is 3. The van der Waals surface area contributed by atoms with Crippen LogP contribution in [0.15, 0.2) is 54.9 Å². The average Bonchev–Trinajstić information content (AvgIpc) is 2.73. The van der Waals surface area contributed by atoms with Crippen molar-refractivity contribution in [3.05, 3.63) is 83.3 Å². The largest absolute Gasteiger partial charge is 0.370 e. The van der Waals surface area contributed by atoms with E-state index in [-0.39, 0.29) is 11.7 Å². The highest BCUT2D eigenvalue weighted by atomic mass is 19.1. The number of aryl methyl sites for hydroxylation is 1. The normalized spacial score (nSPS) is 10.6. The van der Waals surface area contributed by atoms with Gasteiger partial charge in [-0.25, -0.2) is 14.4 Å². The molecule has 1 N–H and O–H groups in total. The summed E-state index contributed by atoms with van der Waals surface area (Å²) >= 11 is 0. The van der Waals surface area contributed by atoms with Crippen molar-refractivity contribution < 1.29 is 9.18 Å². The molecule has 0 aliphatic carbocycles. The Morgan fingerprint density at radius 1 is 1.03 bits per heavy atom. The molecule has 29 heavy (non-hydrogen) atoms. The monoisotopic (exact) mass is 393 g/mol. The maximum atomic E-state index is 13.0. The third-order valence-corrected chi connectivity index (χ3v) is 4.52. The summed E-state index contributed by atoms with van der Waals surface area (Å²) in [7, 11) is 1.77. The maximum absolute atomic E-state index is 13.0. The summed E-state index contributed by atoms with van der Waals surface area (Å²) in [4.78, 5) is 27.1. The SMILES string of the molecule is Cc1nc(NCCc2ccc(F)cc2)cc(C(=O)N(C)CCc2ccncc2)n1. The lowest BCUT2D eigenvalue weighted by molar-refractivity contribution is 0.0790. The lowest BCUT2D eigenvalue weighted by Gasteiger charge is -2.17. The van der Waals surface area contributed by atoms with Crippen LogP contribution in [0.5, 0.6) is 0 Å². The predicted octanol–water partition coefficient (Wildman–Crippen LogP) is 3.29. The molecule has 0 atom stereocenters. The van der Waals surface area contributed by atoms with Crippen LogP contribution in [0.2, 0.25) is 0 Å². The van der Waals surface area contributed by atoms with Crippen molar-refractivity contribution in [1.29, 1.82) is 0 Å². The van der Waals surface area contributed by atoms with Crippen LogP contribution in [0, 0.1) is 12.7 Å². The van der Waals surface area contributed by atoms with Gasteiger partial charge in [0.2, 0.25) is 0 Å². The highest BCUT2D eigenvalue weighted by Gasteiger charge is 2.15. The minimum Gasteiger partial charge on any atom is -0.370 e. The molecule has 0 spiro atoms. The number of carbonyl (C=O) groups excluding carboxylic acids is 1. The molecule has 0 fully saturated rings. The summed E-state index contributed by atoms with van der Waals surface area (Å²) in [6.45, 7) is 2.96. The molecule has 0 aliphatic heterocycles. The Morgan fingerprint density at radius 2 is 1.72 bits per heavy atom. The van der Waals surface area contributed by atoms with E-state index in [0.717, 1.165) is 24.0 Å². The van der Waals surface area contributed by atoms with E-state index < -0.39 is 0 Å². The van der Waals surface area contributed by atoms with Gasteiger partial charge >= 0.3 is 0 Å². The maximum Gasteiger partial charge on any atom is 0.272 e. The molecule has 0 unspecified atom stereocenters. The molecule has 0 bridgehead atoms.